The Morgan fingerprint density at radius 2 is 1.87 bits per heavy atom. The Balaban J connectivity index is 1.28. The number of methoxy groups -OCH3 is 2. The van der Waals surface area contributed by atoms with Crippen molar-refractivity contribution in [3.05, 3.63) is 81.5 Å². The Labute approximate surface area is 285 Å². The molecule has 2 aliphatic rings. The third kappa shape index (κ3) is 7.24. The van der Waals surface area contributed by atoms with Crippen molar-refractivity contribution < 1.29 is 19.4 Å². The number of halogens is 2. The lowest BCUT2D eigenvalue weighted by molar-refractivity contribution is -0.119. The van der Waals surface area contributed by atoms with Crippen LogP contribution in [-0.2, 0) is 24.3 Å². The first-order valence-electron chi connectivity index (χ1n) is 15.8. The van der Waals surface area contributed by atoms with Gasteiger partial charge in [-0.15, -0.1) is 0 Å². The van der Waals surface area contributed by atoms with Crippen LogP contribution in [0, 0.1) is 0 Å². The standard InChI is InChI=1S/C36H39Cl2N5O4/c1-21(44)19-43-14-12-26-24(20-43)15-23(16-31(26)46-2)35-34(38)28(11-13-40-35)27-5-4-6-29(33(27)37)30-9-7-22(36(42-30)47-3)17-39-18-25-8-10-32(45)41-25/h4-7,9,11,13,15-16,21,25,39,44H,8,10,12,14,17-20H2,1-3H3,(H,41,45)/t21?,25-/m0/s1. The zero-order chi connectivity index (χ0) is 33.1. The summed E-state index contributed by atoms with van der Waals surface area (Å²) in [6.45, 7) is 5.22. The maximum atomic E-state index is 11.5. The van der Waals surface area contributed by atoms with Gasteiger partial charge in [-0.25, -0.2) is 4.98 Å². The zero-order valence-corrected chi connectivity index (χ0v) is 28.3. The predicted octanol–water partition coefficient (Wildman–Crippen LogP) is 5.91. The van der Waals surface area contributed by atoms with Crippen molar-refractivity contribution in [3.8, 4) is 45.3 Å². The van der Waals surface area contributed by atoms with Gasteiger partial charge in [-0.1, -0.05) is 47.5 Å². The van der Waals surface area contributed by atoms with E-state index in [0.717, 1.165) is 58.5 Å². The number of hydrogen-bond donors (Lipinski definition) is 3. The quantitative estimate of drug-likeness (QED) is 0.180. The minimum Gasteiger partial charge on any atom is -0.496 e. The summed E-state index contributed by atoms with van der Waals surface area (Å²) >= 11 is 14.2. The van der Waals surface area contributed by atoms with Gasteiger partial charge in [0.05, 0.1) is 41.8 Å². The summed E-state index contributed by atoms with van der Waals surface area (Å²) in [6.07, 6.45) is 3.59. The number of hydrogen-bond acceptors (Lipinski definition) is 8. The molecule has 0 radical (unpaired) electrons. The highest BCUT2D eigenvalue weighted by Gasteiger charge is 2.24. The largest absolute Gasteiger partial charge is 0.496 e. The van der Waals surface area contributed by atoms with Crippen molar-refractivity contribution in [2.24, 2.45) is 0 Å². The van der Waals surface area contributed by atoms with Crippen molar-refractivity contribution in [1.29, 1.82) is 0 Å². The second-order valence-corrected chi connectivity index (χ2v) is 12.9. The average Bonchev–Trinajstić information content (AvgIpc) is 3.49. The molecule has 9 nitrogen and oxygen atoms in total. The van der Waals surface area contributed by atoms with E-state index in [2.05, 4.69) is 26.6 Å². The molecule has 6 rings (SSSR count). The van der Waals surface area contributed by atoms with Crippen LogP contribution >= 0.6 is 23.2 Å². The maximum absolute atomic E-state index is 11.5. The van der Waals surface area contributed by atoms with Gasteiger partial charge in [0, 0.05) is 79.2 Å². The predicted molar refractivity (Wildman–Crippen MR) is 185 cm³/mol. The summed E-state index contributed by atoms with van der Waals surface area (Å²) in [5.41, 5.74) is 7.64. The topological polar surface area (TPSA) is 109 Å². The Bertz CT molecular complexity index is 1780. The van der Waals surface area contributed by atoms with E-state index in [4.69, 9.17) is 37.7 Å². The molecule has 11 heteroatoms. The van der Waals surface area contributed by atoms with Gasteiger partial charge in [-0.2, -0.15) is 0 Å². The molecule has 47 heavy (non-hydrogen) atoms. The van der Waals surface area contributed by atoms with Crippen LogP contribution in [0.2, 0.25) is 10.0 Å². The van der Waals surface area contributed by atoms with Crippen molar-refractivity contribution in [1.82, 2.24) is 25.5 Å². The number of carbonyl (C=O) groups is 1. The minimum atomic E-state index is -0.403. The first kappa shape index (κ1) is 33.2. The van der Waals surface area contributed by atoms with E-state index < -0.39 is 6.10 Å². The highest BCUT2D eigenvalue weighted by Crippen LogP contribution is 2.43. The van der Waals surface area contributed by atoms with Crippen LogP contribution in [0.4, 0.5) is 0 Å². The van der Waals surface area contributed by atoms with Crippen LogP contribution < -0.4 is 20.1 Å². The molecule has 246 valence electrons. The number of nitrogens with one attached hydrogen (secondary N) is 2. The first-order valence-corrected chi connectivity index (χ1v) is 16.6. The molecular formula is C36H39Cl2N5O4. The summed E-state index contributed by atoms with van der Waals surface area (Å²) in [7, 11) is 3.28. The molecule has 4 heterocycles. The molecule has 1 saturated heterocycles. The van der Waals surface area contributed by atoms with Crippen LogP contribution in [0.25, 0.3) is 33.6 Å². The number of nitrogens with zero attached hydrogens (tertiary/aromatic N) is 3. The number of aliphatic hydroxyl groups excluding tert-OH is 1. The van der Waals surface area contributed by atoms with Gasteiger partial charge in [0.15, 0.2) is 0 Å². The average molecular weight is 677 g/mol. The van der Waals surface area contributed by atoms with Crippen LogP contribution in [0.5, 0.6) is 11.6 Å². The number of benzene rings is 2. The summed E-state index contributed by atoms with van der Waals surface area (Å²) < 4.78 is 11.5. The van der Waals surface area contributed by atoms with E-state index in [1.54, 1.807) is 20.4 Å². The third-order valence-electron chi connectivity index (χ3n) is 8.77. The van der Waals surface area contributed by atoms with Gasteiger partial charge in [-0.3, -0.25) is 14.7 Å². The fourth-order valence-corrected chi connectivity index (χ4v) is 7.15. The Hall–Kier alpha value is -3.73. The molecular weight excluding hydrogens is 637 g/mol. The number of aliphatic hydroxyl groups is 1. The Kier molecular flexibility index (Phi) is 10.3. The van der Waals surface area contributed by atoms with E-state index in [0.29, 0.717) is 59.9 Å². The molecule has 2 aromatic heterocycles. The fourth-order valence-electron chi connectivity index (χ4n) is 6.50. The van der Waals surface area contributed by atoms with E-state index in [9.17, 15) is 9.90 Å². The van der Waals surface area contributed by atoms with Crippen molar-refractivity contribution in [2.45, 2.75) is 51.4 Å². The van der Waals surface area contributed by atoms with Gasteiger partial charge >= 0.3 is 0 Å². The number of aromatic nitrogens is 2. The molecule has 0 bridgehead atoms. The van der Waals surface area contributed by atoms with E-state index in [-0.39, 0.29) is 11.9 Å². The lowest BCUT2D eigenvalue weighted by atomic mass is 9.93. The summed E-state index contributed by atoms with van der Waals surface area (Å²) in [6, 6.07) is 15.8. The smallest absolute Gasteiger partial charge is 0.220 e. The monoisotopic (exact) mass is 675 g/mol. The number of ether oxygens (including phenoxy) is 2. The number of β-amino-alcohol motifs (C(OH)–C–C–N with tert-alkyl or cyclic N) is 1. The zero-order valence-electron chi connectivity index (χ0n) is 26.8. The molecule has 1 unspecified atom stereocenters. The van der Waals surface area contributed by atoms with Gasteiger partial charge in [0.25, 0.3) is 0 Å². The highest BCUT2D eigenvalue weighted by molar-refractivity contribution is 6.39. The van der Waals surface area contributed by atoms with Gasteiger partial charge in [-0.05, 0) is 55.2 Å². The SMILES string of the molecule is COc1cc(-c2nccc(-c3cccc(-c4ccc(CNC[C@@H]5CCC(=O)N5)c(OC)n4)c3Cl)c2Cl)cc2c1CCN(CC(C)O)C2. The maximum Gasteiger partial charge on any atom is 0.220 e. The van der Waals surface area contributed by atoms with Gasteiger partial charge in [0.2, 0.25) is 11.8 Å². The molecule has 2 aliphatic heterocycles. The van der Waals surface area contributed by atoms with Crippen molar-refractivity contribution >= 4 is 29.1 Å². The first-order chi connectivity index (χ1) is 22.7. The van der Waals surface area contributed by atoms with Gasteiger partial charge < -0.3 is 25.2 Å². The number of pyridine rings is 2. The lowest BCUT2D eigenvalue weighted by Crippen LogP contribution is -2.35. The van der Waals surface area contributed by atoms with Crippen LogP contribution in [0.15, 0.2) is 54.7 Å². The molecule has 1 amide bonds. The molecule has 0 aliphatic carbocycles. The second-order valence-electron chi connectivity index (χ2n) is 12.1. The lowest BCUT2D eigenvalue weighted by Gasteiger charge is -2.31. The third-order valence-corrected chi connectivity index (χ3v) is 9.56. The number of fused-ring (bicyclic) bond motifs is 1. The van der Waals surface area contributed by atoms with Crippen molar-refractivity contribution in [3.63, 3.8) is 0 Å². The van der Waals surface area contributed by atoms with E-state index in [1.807, 2.05) is 49.4 Å². The number of rotatable bonds is 11. The summed E-state index contributed by atoms with van der Waals surface area (Å²) in [5, 5.41) is 17.3. The van der Waals surface area contributed by atoms with E-state index in [1.165, 1.54) is 5.56 Å². The van der Waals surface area contributed by atoms with Crippen LogP contribution in [0.3, 0.4) is 0 Å². The molecule has 2 aromatic carbocycles. The second kappa shape index (κ2) is 14.6. The number of carbonyl (C=O) groups excluding carboxylic acids is 1. The minimum absolute atomic E-state index is 0.101. The normalized spacial score (nSPS) is 16.9. The molecule has 3 N–H and O–H groups in total. The van der Waals surface area contributed by atoms with Crippen molar-refractivity contribution in [2.75, 3.05) is 33.9 Å². The van der Waals surface area contributed by atoms with E-state index >= 15 is 0 Å². The summed E-state index contributed by atoms with van der Waals surface area (Å²) in [4.78, 5) is 23.2. The fraction of sp³-hybridized carbons (Fsp3) is 0.361. The Morgan fingerprint density at radius 3 is 2.62 bits per heavy atom. The molecule has 0 spiro atoms. The van der Waals surface area contributed by atoms with Crippen LogP contribution in [-0.4, -0.2) is 71.9 Å². The molecule has 1 fully saturated rings. The molecule has 2 atom stereocenters. The van der Waals surface area contributed by atoms with Crippen LogP contribution in [0.1, 0.15) is 36.5 Å². The van der Waals surface area contributed by atoms with Gasteiger partial charge in [0.1, 0.15) is 5.75 Å². The Morgan fingerprint density at radius 1 is 1.06 bits per heavy atom. The summed E-state index contributed by atoms with van der Waals surface area (Å²) in [5.74, 6) is 1.41. The molecule has 0 saturated carbocycles. The highest BCUT2D eigenvalue weighted by atomic mass is 35.5. The number of amides is 1. The molecule has 4 aromatic rings.